The Hall–Kier alpha value is -4.87. The van der Waals surface area contributed by atoms with Crippen LogP contribution in [0.25, 0.3) is 0 Å². The van der Waals surface area contributed by atoms with Crippen LogP contribution in [0, 0.1) is 10.1 Å². The molecule has 0 saturated carbocycles. The summed E-state index contributed by atoms with van der Waals surface area (Å²) < 4.78 is 5.14. The van der Waals surface area contributed by atoms with Crippen molar-refractivity contribution < 1.29 is 28.8 Å². The van der Waals surface area contributed by atoms with E-state index >= 15 is 0 Å². The Morgan fingerprint density at radius 1 is 1.17 bits per heavy atom. The highest BCUT2D eigenvalue weighted by atomic mass is 16.6. The van der Waals surface area contributed by atoms with Gasteiger partial charge in [0.15, 0.2) is 0 Å². The molecule has 12 heteroatoms. The number of carbonyl (C=O) groups is 4. The molecule has 2 heterocycles. The van der Waals surface area contributed by atoms with Crippen LogP contribution in [0.15, 0.2) is 58.7 Å². The van der Waals surface area contributed by atoms with E-state index in [1.54, 1.807) is 38.1 Å². The fourth-order valence-electron chi connectivity index (χ4n) is 3.97. The third kappa shape index (κ3) is 4.08. The zero-order valence-corrected chi connectivity index (χ0v) is 19.5. The summed E-state index contributed by atoms with van der Waals surface area (Å²) in [5, 5.41) is 17.0. The van der Waals surface area contributed by atoms with Crippen molar-refractivity contribution in [3.8, 4) is 0 Å². The van der Waals surface area contributed by atoms with Crippen LogP contribution in [0.4, 0.5) is 17.1 Å². The van der Waals surface area contributed by atoms with Crippen molar-refractivity contribution in [3.63, 3.8) is 0 Å². The lowest BCUT2D eigenvalue weighted by Gasteiger charge is -2.22. The fourth-order valence-corrected chi connectivity index (χ4v) is 3.97. The molecule has 2 aliphatic rings. The van der Waals surface area contributed by atoms with Crippen LogP contribution in [-0.4, -0.2) is 52.0 Å². The topological polar surface area (TPSA) is 160 Å². The Morgan fingerprint density at radius 3 is 2.58 bits per heavy atom. The van der Waals surface area contributed by atoms with Crippen molar-refractivity contribution in [1.29, 1.82) is 0 Å². The quantitative estimate of drug-likeness (QED) is 0.279. The van der Waals surface area contributed by atoms with Crippen LogP contribution < -0.4 is 10.6 Å². The molecule has 0 aromatic heterocycles. The van der Waals surface area contributed by atoms with E-state index in [2.05, 4.69) is 15.6 Å². The fraction of sp³-hybridized carbons (Fsp3) is 0.208. The minimum atomic E-state index is -1.38. The van der Waals surface area contributed by atoms with Gasteiger partial charge in [0.25, 0.3) is 17.5 Å². The first-order chi connectivity index (χ1) is 17.1. The molecule has 0 bridgehead atoms. The standard InChI is InChI=1S/C24H21N5O7/c1-4-36-24(33)18-12(2)25-15-9-5-6-10-16(15)26-20(18)27-21(30)13(3)28-22(31)14-8-7-11-17(29(34)35)19(14)23(28)32/h5-11,13,25H,4H2,1-3H3,(H,26,27,30). The van der Waals surface area contributed by atoms with Gasteiger partial charge in [-0.1, -0.05) is 18.2 Å². The van der Waals surface area contributed by atoms with E-state index in [1.165, 1.54) is 19.1 Å². The van der Waals surface area contributed by atoms with Gasteiger partial charge in [0.1, 0.15) is 23.0 Å². The molecule has 184 valence electrons. The second-order valence-electron chi connectivity index (χ2n) is 7.93. The molecule has 2 aromatic rings. The van der Waals surface area contributed by atoms with Gasteiger partial charge in [-0.15, -0.1) is 0 Å². The number of imide groups is 1. The van der Waals surface area contributed by atoms with Crippen molar-refractivity contribution in [2.75, 3.05) is 11.9 Å². The predicted octanol–water partition coefficient (Wildman–Crippen LogP) is 2.69. The number of anilines is 1. The molecule has 2 N–H and O–H groups in total. The molecule has 0 fully saturated rings. The molecule has 36 heavy (non-hydrogen) atoms. The first kappa shape index (κ1) is 24.3. The van der Waals surface area contributed by atoms with Crippen LogP contribution in [0.1, 0.15) is 41.5 Å². The molecular weight excluding hydrogens is 470 g/mol. The molecular formula is C24H21N5O7. The van der Waals surface area contributed by atoms with E-state index in [9.17, 15) is 29.3 Å². The molecule has 0 radical (unpaired) electrons. The lowest BCUT2D eigenvalue weighted by molar-refractivity contribution is -0.385. The molecule has 0 aliphatic carbocycles. The van der Waals surface area contributed by atoms with Crippen LogP contribution in [-0.2, 0) is 14.3 Å². The van der Waals surface area contributed by atoms with Gasteiger partial charge in [-0.05, 0) is 39.0 Å². The number of fused-ring (bicyclic) bond motifs is 2. The van der Waals surface area contributed by atoms with Crippen molar-refractivity contribution in [2.24, 2.45) is 4.99 Å². The zero-order chi connectivity index (χ0) is 26.1. The predicted molar refractivity (Wildman–Crippen MR) is 128 cm³/mol. The summed E-state index contributed by atoms with van der Waals surface area (Å²) in [5.41, 5.74) is 0.270. The molecule has 0 saturated heterocycles. The van der Waals surface area contributed by atoms with Gasteiger partial charge in [0.2, 0.25) is 5.91 Å². The number of nitrogens with zero attached hydrogens (tertiary/aromatic N) is 3. The molecule has 12 nitrogen and oxygen atoms in total. The van der Waals surface area contributed by atoms with E-state index in [-0.39, 0.29) is 29.1 Å². The summed E-state index contributed by atoms with van der Waals surface area (Å²) in [7, 11) is 0. The van der Waals surface area contributed by atoms with Crippen LogP contribution >= 0.6 is 0 Å². The molecule has 3 amide bonds. The third-order valence-corrected chi connectivity index (χ3v) is 5.68. The summed E-state index contributed by atoms with van der Waals surface area (Å²) >= 11 is 0. The maximum absolute atomic E-state index is 13.2. The van der Waals surface area contributed by atoms with E-state index in [1.807, 2.05) is 0 Å². The summed E-state index contributed by atoms with van der Waals surface area (Å²) in [4.78, 5) is 67.6. The monoisotopic (exact) mass is 491 g/mol. The Balaban J connectivity index is 1.68. The highest BCUT2D eigenvalue weighted by molar-refractivity contribution is 6.27. The van der Waals surface area contributed by atoms with Crippen molar-refractivity contribution in [3.05, 3.63) is 75.0 Å². The first-order valence-electron chi connectivity index (χ1n) is 10.9. The normalized spacial score (nSPS) is 15.3. The Bertz CT molecular complexity index is 1390. The van der Waals surface area contributed by atoms with Gasteiger partial charge >= 0.3 is 5.97 Å². The number of ether oxygens (including phenoxy) is 1. The number of hydrogen-bond donors (Lipinski definition) is 2. The summed E-state index contributed by atoms with van der Waals surface area (Å²) in [5.74, 6) is -3.51. The number of rotatable bonds is 5. The average Bonchev–Trinajstić information content (AvgIpc) is 3.00. The highest BCUT2D eigenvalue weighted by Gasteiger charge is 2.45. The lowest BCUT2D eigenvalue weighted by Crippen LogP contribution is -2.50. The minimum absolute atomic E-state index is 0.0356. The summed E-state index contributed by atoms with van der Waals surface area (Å²) in [6.45, 7) is 4.62. The van der Waals surface area contributed by atoms with Crippen molar-refractivity contribution in [2.45, 2.75) is 26.8 Å². The Morgan fingerprint density at radius 2 is 1.89 bits per heavy atom. The number of carbonyl (C=O) groups excluding carboxylic acids is 4. The number of aliphatic imine (C=N–C) groups is 1. The number of nitro benzene ring substituents is 1. The van der Waals surface area contributed by atoms with E-state index in [0.717, 1.165) is 6.07 Å². The number of esters is 1. The van der Waals surface area contributed by atoms with Crippen molar-refractivity contribution >= 4 is 46.6 Å². The molecule has 1 unspecified atom stereocenters. The number of allylic oxidation sites excluding steroid dienone is 1. The van der Waals surface area contributed by atoms with E-state index in [4.69, 9.17) is 4.74 Å². The van der Waals surface area contributed by atoms with Gasteiger partial charge in [0, 0.05) is 11.8 Å². The second kappa shape index (κ2) is 9.41. The number of hydrogen-bond acceptors (Lipinski definition) is 9. The Labute approximate surface area is 204 Å². The van der Waals surface area contributed by atoms with Gasteiger partial charge in [-0.3, -0.25) is 29.4 Å². The molecule has 4 rings (SSSR count). The smallest absolute Gasteiger partial charge is 0.343 e. The number of nitrogens with one attached hydrogen (secondary N) is 2. The van der Waals surface area contributed by atoms with E-state index < -0.39 is 40.3 Å². The van der Waals surface area contributed by atoms with Crippen LogP contribution in [0.2, 0.25) is 0 Å². The van der Waals surface area contributed by atoms with Gasteiger partial charge in [-0.25, -0.2) is 9.79 Å². The average molecular weight is 491 g/mol. The number of nitro groups is 1. The number of amidine groups is 1. The number of benzene rings is 2. The third-order valence-electron chi connectivity index (χ3n) is 5.68. The van der Waals surface area contributed by atoms with Gasteiger partial charge in [-0.2, -0.15) is 0 Å². The van der Waals surface area contributed by atoms with Gasteiger partial charge < -0.3 is 15.4 Å². The number of amides is 3. The maximum atomic E-state index is 13.2. The number of para-hydroxylation sites is 2. The van der Waals surface area contributed by atoms with Crippen LogP contribution in [0.5, 0.6) is 0 Å². The maximum Gasteiger partial charge on any atom is 0.343 e. The van der Waals surface area contributed by atoms with Crippen LogP contribution in [0.3, 0.4) is 0 Å². The molecule has 2 aromatic carbocycles. The molecule has 2 aliphatic heterocycles. The zero-order valence-electron chi connectivity index (χ0n) is 19.5. The highest BCUT2D eigenvalue weighted by Crippen LogP contribution is 2.33. The Kier molecular flexibility index (Phi) is 6.34. The largest absolute Gasteiger partial charge is 0.462 e. The SMILES string of the molecule is CCOC(=O)C1=C(C)Nc2ccccc2N=C1NC(=O)C(C)N1C(=O)c2cccc([N+](=O)[O-])c2C1=O. The first-order valence-corrected chi connectivity index (χ1v) is 10.9. The molecule has 0 spiro atoms. The van der Waals surface area contributed by atoms with E-state index in [0.29, 0.717) is 22.0 Å². The summed E-state index contributed by atoms with van der Waals surface area (Å²) in [6.07, 6.45) is 0. The molecule has 1 atom stereocenters. The van der Waals surface area contributed by atoms with Crippen molar-refractivity contribution in [1.82, 2.24) is 10.2 Å². The minimum Gasteiger partial charge on any atom is -0.462 e. The second-order valence-corrected chi connectivity index (χ2v) is 7.93. The lowest BCUT2D eigenvalue weighted by atomic mass is 10.1. The summed E-state index contributed by atoms with van der Waals surface area (Å²) in [6, 6.07) is 9.22. The van der Waals surface area contributed by atoms with Gasteiger partial charge in [0.05, 0.1) is 28.5 Å².